The molecule has 2 aromatic rings. The lowest BCUT2D eigenvalue weighted by Crippen LogP contribution is -2.54. The molecule has 2 aromatic carbocycles. The molecule has 0 aliphatic carbocycles. The van der Waals surface area contributed by atoms with Crippen LogP contribution in [0.3, 0.4) is 0 Å². The molecule has 2 fully saturated rings. The van der Waals surface area contributed by atoms with Crippen LogP contribution in [0.5, 0.6) is 5.75 Å². The molecule has 0 radical (unpaired) electrons. The normalized spacial score (nSPS) is 28.8. The van der Waals surface area contributed by atoms with Gasteiger partial charge in [-0.25, -0.2) is 0 Å². The van der Waals surface area contributed by atoms with Gasteiger partial charge in [0.2, 0.25) is 17.7 Å². The number of likely N-dealkylation sites (tertiary alicyclic amines) is 1. The van der Waals surface area contributed by atoms with Crippen LogP contribution >= 0.6 is 0 Å². The monoisotopic (exact) mass is 449 g/mol. The van der Waals surface area contributed by atoms with Gasteiger partial charge in [-0.2, -0.15) is 0 Å². The summed E-state index contributed by atoms with van der Waals surface area (Å²) in [5.74, 6) is -2.40. The summed E-state index contributed by atoms with van der Waals surface area (Å²) in [6, 6.07) is 12.1. The summed E-state index contributed by atoms with van der Waals surface area (Å²) in [5.41, 5.74) is 1.59. The number of hydrogen-bond donors (Lipinski definition) is 3. The molecule has 3 aliphatic heterocycles. The van der Waals surface area contributed by atoms with Gasteiger partial charge in [0.1, 0.15) is 11.3 Å². The standard InChI is InChI=1S/C25H27N3O5/c1-4-14-9-7-10-16-21(14)26-24(32)25(16)19-18(20(27-25)13(2)29)22(30)28(23(19)31)12-15-8-5-6-11-17(15)33-3/h5-11,13,18-20,27,29H,4,12H2,1-3H3,(H,26,32)/t13-,18-,19-,20+,25-/m0/s1. The maximum absolute atomic E-state index is 13.8. The number of hydrogen-bond acceptors (Lipinski definition) is 6. The highest BCUT2D eigenvalue weighted by atomic mass is 16.5. The maximum Gasteiger partial charge on any atom is 0.250 e. The second-order valence-electron chi connectivity index (χ2n) is 8.94. The van der Waals surface area contributed by atoms with E-state index in [0.29, 0.717) is 29.0 Å². The zero-order valence-corrected chi connectivity index (χ0v) is 18.8. The first-order valence-corrected chi connectivity index (χ1v) is 11.2. The fraction of sp³-hybridized carbons (Fsp3) is 0.400. The molecular weight excluding hydrogens is 422 g/mol. The molecular formula is C25H27N3O5. The number of benzene rings is 2. The summed E-state index contributed by atoms with van der Waals surface area (Å²) in [4.78, 5) is 42.1. The number of nitrogens with one attached hydrogen (secondary N) is 2. The van der Waals surface area contributed by atoms with Crippen molar-refractivity contribution in [1.82, 2.24) is 10.2 Å². The van der Waals surface area contributed by atoms with Gasteiger partial charge in [0.25, 0.3) is 0 Å². The molecule has 0 aromatic heterocycles. The summed E-state index contributed by atoms with van der Waals surface area (Å²) in [6.45, 7) is 3.61. The van der Waals surface area contributed by atoms with E-state index in [1.54, 1.807) is 19.1 Å². The molecule has 3 aliphatic rings. The molecule has 1 spiro atoms. The number of carbonyl (C=O) groups excluding carboxylic acids is 3. The zero-order chi connectivity index (χ0) is 23.5. The number of imide groups is 1. The summed E-state index contributed by atoms with van der Waals surface area (Å²) in [5, 5.41) is 16.7. The molecule has 0 bridgehead atoms. The number of para-hydroxylation sites is 2. The Bertz CT molecular complexity index is 1160. The van der Waals surface area contributed by atoms with E-state index in [9.17, 15) is 19.5 Å². The number of ether oxygens (including phenoxy) is 1. The van der Waals surface area contributed by atoms with Gasteiger partial charge in [-0.1, -0.05) is 43.3 Å². The number of rotatable bonds is 5. The van der Waals surface area contributed by atoms with Gasteiger partial charge in [-0.3, -0.25) is 24.6 Å². The predicted octanol–water partition coefficient (Wildman–Crippen LogP) is 1.56. The van der Waals surface area contributed by atoms with Gasteiger partial charge in [0.05, 0.1) is 31.6 Å². The summed E-state index contributed by atoms with van der Waals surface area (Å²) >= 11 is 0. The number of amides is 3. The first kappa shape index (κ1) is 21.6. The van der Waals surface area contributed by atoms with Crippen molar-refractivity contribution >= 4 is 23.4 Å². The van der Waals surface area contributed by atoms with E-state index in [4.69, 9.17) is 4.74 Å². The molecule has 33 heavy (non-hydrogen) atoms. The van der Waals surface area contributed by atoms with E-state index in [1.807, 2.05) is 37.3 Å². The van der Waals surface area contributed by atoms with Crippen LogP contribution in [0.1, 0.15) is 30.5 Å². The van der Waals surface area contributed by atoms with Crippen LogP contribution in [0.15, 0.2) is 42.5 Å². The van der Waals surface area contributed by atoms with Crippen LogP contribution in [0.25, 0.3) is 0 Å². The average molecular weight is 450 g/mol. The topological polar surface area (TPSA) is 108 Å². The van der Waals surface area contributed by atoms with E-state index in [1.165, 1.54) is 12.0 Å². The second-order valence-corrected chi connectivity index (χ2v) is 8.94. The van der Waals surface area contributed by atoms with Crippen LogP contribution in [0.2, 0.25) is 0 Å². The van der Waals surface area contributed by atoms with Crippen molar-refractivity contribution in [2.75, 3.05) is 12.4 Å². The van der Waals surface area contributed by atoms with Crippen molar-refractivity contribution in [1.29, 1.82) is 0 Å². The van der Waals surface area contributed by atoms with E-state index in [-0.39, 0.29) is 18.4 Å². The van der Waals surface area contributed by atoms with E-state index in [0.717, 1.165) is 5.56 Å². The molecule has 3 N–H and O–H groups in total. The van der Waals surface area contributed by atoms with Crippen LogP contribution in [0, 0.1) is 11.8 Å². The Morgan fingerprint density at radius 2 is 1.82 bits per heavy atom. The number of aliphatic hydroxyl groups excluding tert-OH is 1. The van der Waals surface area contributed by atoms with Crippen molar-refractivity contribution in [2.45, 2.75) is 44.5 Å². The Kier molecular flexibility index (Phi) is 5.02. The molecule has 8 nitrogen and oxygen atoms in total. The lowest BCUT2D eigenvalue weighted by atomic mass is 9.76. The van der Waals surface area contributed by atoms with Crippen LogP contribution in [-0.4, -0.2) is 47.0 Å². The van der Waals surface area contributed by atoms with Gasteiger partial charge in [0, 0.05) is 22.9 Å². The largest absolute Gasteiger partial charge is 0.496 e. The molecule has 0 unspecified atom stereocenters. The SMILES string of the molecule is CCc1cccc2c1NC(=O)[C@]21N[C@H]([C@H](C)O)[C@H]2C(=O)N(Cc3ccccc3OC)C(=O)[C@H]21. The van der Waals surface area contributed by atoms with E-state index >= 15 is 0 Å². The maximum atomic E-state index is 13.8. The minimum absolute atomic E-state index is 0.0424. The number of aryl methyl sites for hydroxylation is 1. The molecule has 5 rings (SSSR count). The molecule has 2 saturated heterocycles. The third-order valence-corrected chi connectivity index (χ3v) is 7.28. The molecule has 3 amide bonds. The quantitative estimate of drug-likeness (QED) is 0.598. The lowest BCUT2D eigenvalue weighted by molar-refractivity contribution is -0.143. The third-order valence-electron chi connectivity index (χ3n) is 7.28. The van der Waals surface area contributed by atoms with Crippen LogP contribution in [0.4, 0.5) is 5.69 Å². The molecule has 8 heteroatoms. The summed E-state index contributed by atoms with van der Waals surface area (Å²) in [6.07, 6.45) is -0.230. The predicted molar refractivity (Wildman–Crippen MR) is 120 cm³/mol. The molecule has 5 atom stereocenters. The van der Waals surface area contributed by atoms with Gasteiger partial charge >= 0.3 is 0 Å². The minimum Gasteiger partial charge on any atom is -0.496 e. The number of carbonyl (C=O) groups is 3. The lowest BCUT2D eigenvalue weighted by Gasteiger charge is -2.30. The van der Waals surface area contributed by atoms with Crippen molar-refractivity contribution in [3.8, 4) is 5.75 Å². The van der Waals surface area contributed by atoms with E-state index in [2.05, 4.69) is 10.6 Å². The van der Waals surface area contributed by atoms with Gasteiger partial charge in [-0.15, -0.1) is 0 Å². The number of methoxy groups -OCH3 is 1. The molecule has 3 heterocycles. The Morgan fingerprint density at radius 3 is 2.52 bits per heavy atom. The molecule has 0 saturated carbocycles. The first-order chi connectivity index (χ1) is 15.8. The summed E-state index contributed by atoms with van der Waals surface area (Å²) < 4.78 is 5.40. The first-order valence-electron chi connectivity index (χ1n) is 11.2. The highest BCUT2D eigenvalue weighted by Crippen LogP contribution is 2.54. The van der Waals surface area contributed by atoms with Crippen LogP contribution < -0.4 is 15.4 Å². The highest BCUT2D eigenvalue weighted by Gasteiger charge is 2.71. The fourth-order valence-electron chi connectivity index (χ4n) is 5.75. The zero-order valence-electron chi connectivity index (χ0n) is 18.8. The Morgan fingerprint density at radius 1 is 1.09 bits per heavy atom. The highest BCUT2D eigenvalue weighted by molar-refractivity contribution is 6.15. The Balaban J connectivity index is 1.62. The fourth-order valence-corrected chi connectivity index (χ4v) is 5.75. The smallest absolute Gasteiger partial charge is 0.250 e. The second kappa shape index (κ2) is 7.67. The van der Waals surface area contributed by atoms with Crippen molar-refractivity contribution in [3.63, 3.8) is 0 Å². The number of fused-ring (bicyclic) bond motifs is 4. The van der Waals surface area contributed by atoms with Crippen molar-refractivity contribution in [2.24, 2.45) is 11.8 Å². The average Bonchev–Trinajstić information content (AvgIpc) is 3.40. The van der Waals surface area contributed by atoms with Gasteiger partial charge < -0.3 is 15.2 Å². The number of aliphatic hydroxyl groups is 1. The van der Waals surface area contributed by atoms with Crippen molar-refractivity contribution in [3.05, 3.63) is 59.2 Å². The summed E-state index contributed by atoms with van der Waals surface area (Å²) in [7, 11) is 1.54. The number of anilines is 1. The van der Waals surface area contributed by atoms with Crippen molar-refractivity contribution < 1.29 is 24.2 Å². The van der Waals surface area contributed by atoms with E-state index < -0.39 is 35.4 Å². The Hall–Kier alpha value is -3.23. The van der Waals surface area contributed by atoms with Crippen LogP contribution in [-0.2, 0) is 32.9 Å². The Labute approximate surface area is 191 Å². The van der Waals surface area contributed by atoms with Gasteiger partial charge in [-0.05, 0) is 25.0 Å². The van der Waals surface area contributed by atoms with Gasteiger partial charge in [0.15, 0.2) is 0 Å². The number of nitrogens with zero attached hydrogens (tertiary/aromatic N) is 1. The molecule has 172 valence electrons. The minimum atomic E-state index is -1.41. The third kappa shape index (κ3) is 2.87.